The van der Waals surface area contributed by atoms with Crippen LogP contribution in [-0.4, -0.2) is 19.4 Å². The van der Waals surface area contributed by atoms with Gasteiger partial charge in [0.05, 0.1) is 19.4 Å². The Balaban J connectivity index is 1.81. The van der Waals surface area contributed by atoms with Crippen molar-refractivity contribution in [3.8, 4) is 11.5 Å². The van der Waals surface area contributed by atoms with Crippen LogP contribution in [0.3, 0.4) is 0 Å². The molecule has 3 nitrogen and oxygen atoms in total. The summed E-state index contributed by atoms with van der Waals surface area (Å²) in [5.74, 6) is -0.363. The first kappa shape index (κ1) is 18.1. The van der Waals surface area contributed by atoms with Crippen molar-refractivity contribution in [2.75, 3.05) is 13.7 Å². The van der Waals surface area contributed by atoms with Crippen molar-refractivity contribution < 1.29 is 18.3 Å². The molecule has 5 heteroatoms. The largest absolute Gasteiger partial charge is 0.493 e. The van der Waals surface area contributed by atoms with Crippen molar-refractivity contribution >= 4 is 17.5 Å². The van der Waals surface area contributed by atoms with Crippen LogP contribution in [0.2, 0.25) is 0 Å². The number of fused-ring (bicyclic) bond motifs is 1. The van der Waals surface area contributed by atoms with Crippen LogP contribution in [0, 0.1) is 11.6 Å². The van der Waals surface area contributed by atoms with Gasteiger partial charge < -0.3 is 9.47 Å². The molecule has 2 aromatic carbocycles. The summed E-state index contributed by atoms with van der Waals surface area (Å²) in [5.41, 5.74) is 2.78. The molecule has 1 aliphatic heterocycles. The number of halogens is 2. The minimum absolute atomic E-state index is 0.471. The first-order valence-corrected chi connectivity index (χ1v) is 8.65. The average Bonchev–Trinajstić information content (AvgIpc) is 3.02. The lowest BCUT2D eigenvalue weighted by Gasteiger charge is -2.13. The van der Waals surface area contributed by atoms with Crippen LogP contribution in [0.5, 0.6) is 11.5 Å². The molecule has 0 aliphatic carbocycles. The lowest BCUT2D eigenvalue weighted by molar-refractivity contribution is 0.287. The SMILES string of the molecule is CCCCOc1c(/C=C/C2=Nc3cc(F)c(F)cc3C2)cccc1OC. The van der Waals surface area contributed by atoms with Gasteiger partial charge in [0.25, 0.3) is 0 Å². The van der Waals surface area contributed by atoms with Crippen molar-refractivity contribution in [2.24, 2.45) is 4.99 Å². The molecule has 0 spiro atoms. The molecule has 136 valence electrons. The van der Waals surface area contributed by atoms with Gasteiger partial charge in [-0.05, 0) is 36.3 Å². The second-order valence-electron chi connectivity index (χ2n) is 6.09. The fourth-order valence-corrected chi connectivity index (χ4v) is 2.79. The molecule has 0 saturated heterocycles. The summed E-state index contributed by atoms with van der Waals surface area (Å²) in [5, 5.41) is 0. The number of rotatable bonds is 7. The van der Waals surface area contributed by atoms with Crippen molar-refractivity contribution in [1.82, 2.24) is 0 Å². The number of unbranched alkanes of at least 4 members (excludes halogenated alkanes) is 1. The fraction of sp³-hybridized carbons (Fsp3) is 0.286. The van der Waals surface area contributed by atoms with E-state index in [2.05, 4.69) is 11.9 Å². The molecular formula is C21H21F2NO2. The highest BCUT2D eigenvalue weighted by Gasteiger charge is 2.17. The van der Waals surface area contributed by atoms with Gasteiger partial charge in [-0.1, -0.05) is 25.5 Å². The third-order valence-electron chi connectivity index (χ3n) is 4.19. The van der Waals surface area contributed by atoms with Gasteiger partial charge in [-0.15, -0.1) is 0 Å². The van der Waals surface area contributed by atoms with Gasteiger partial charge in [0.2, 0.25) is 0 Å². The monoisotopic (exact) mass is 357 g/mol. The van der Waals surface area contributed by atoms with Gasteiger partial charge in [-0.2, -0.15) is 0 Å². The van der Waals surface area contributed by atoms with E-state index in [9.17, 15) is 8.78 Å². The van der Waals surface area contributed by atoms with Crippen LogP contribution in [0.1, 0.15) is 30.9 Å². The molecule has 0 amide bonds. The Kier molecular flexibility index (Phi) is 5.66. The molecule has 1 heterocycles. The van der Waals surface area contributed by atoms with Gasteiger partial charge in [0, 0.05) is 23.8 Å². The van der Waals surface area contributed by atoms with Crippen molar-refractivity contribution in [2.45, 2.75) is 26.2 Å². The second kappa shape index (κ2) is 8.13. The number of benzene rings is 2. The molecule has 3 rings (SSSR count). The Hall–Kier alpha value is -2.69. The average molecular weight is 357 g/mol. The molecule has 0 atom stereocenters. The third-order valence-corrected chi connectivity index (χ3v) is 4.19. The van der Waals surface area contributed by atoms with E-state index in [1.165, 1.54) is 6.07 Å². The number of nitrogens with zero attached hydrogens (tertiary/aromatic N) is 1. The van der Waals surface area contributed by atoms with E-state index in [-0.39, 0.29) is 0 Å². The Labute approximate surface area is 152 Å². The molecule has 0 radical (unpaired) electrons. The highest BCUT2D eigenvalue weighted by Crippen LogP contribution is 2.33. The summed E-state index contributed by atoms with van der Waals surface area (Å²) in [6, 6.07) is 8.02. The van der Waals surface area contributed by atoms with E-state index < -0.39 is 11.6 Å². The van der Waals surface area contributed by atoms with E-state index in [1.54, 1.807) is 7.11 Å². The Morgan fingerprint density at radius 3 is 2.73 bits per heavy atom. The van der Waals surface area contributed by atoms with Gasteiger partial charge >= 0.3 is 0 Å². The molecule has 1 aliphatic rings. The van der Waals surface area contributed by atoms with Gasteiger partial charge in [0.1, 0.15) is 0 Å². The number of aliphatic imine (C=N–C) groups is 1. The fourth-order valence-electron chi connectivity index (χ4n) is 2.79. The smallest absolute Gasteiger partial charge is 0.168 e. The number of methoxy groups -OCH3 is 1. The summed E-state index contributed by atoms with van der Waals surface area (Å²) >= 11 is 0. The van der Waals surface area contributed by atoms with E-state index in [0.29, 0.717) is 35.8 Å². The Bertz CT molecular complexity index is 859. The number of allylic oxidation sites excluding steroid dienone is 1. The van der Waals surface area contributed by atoms with E-state index in [4.69, 9.17) is 9.47 Å². The molecule has 0 bridgehead atoms. The number of hydrogen-bond donors (Lipinski definition) is 0. The third kappa shape index (κ3) is 3.93. The molecule has 0 N–H and O–H groups in total. The van der Waals surface area contributed by atoms with Crippen molar-refractivity contribution in [1.29, 1.82) is 0 Å². The van der Waals surface area contributed by atoms with Crippen LogP contribution >= 0.6 is 0 Å². The summed E-state index contributed by atoms with van der Waals surface area (Å²) in [4.78, 5) is 4.37. The van der Waals surface area contributed by atoms with E-state index in [1.807, 2.05) is 30.4 Å². The highest BCUT2D eigenvalue weighted by atomic mass is 19.2. The zero-order chi connectivity index (χ0) is 18.5. The van der Waals surface area contributed by atoms with E-state index >= 15 is 0 Å². The summed E-state index contributed by atoms with van der Waals surface area (Å²) < 4.78 is 38.0. The zero-order valence-corrected chi connectivity index (χ0v) is 14.9. The summed E-state index contributed by atoms with van der Waals surface area (Å²) in [6.45, 7) is 2.72. The lowest BCUT2D eigenvalue weighted by atomic mass is 10.1. The minimum atomic E-state index is -0.878. The normalized spacial score (nSPS) is 13.0. The predicted octanol–water partition coefficient (Wildman–Crippen LogP) is 5.49. The van der Waals surface area contributed by atoms with Crippen LogP contribution in [-0.2, 0) is 6.42 Å². The minimum Gasteiger partial charge on any atom is -0.493 e. The first-order valence-electron chi connectivity index (χ1n) is 8.65. The molecule has 0 unspecified atom stereocenters. The zero-order valence-electron chi connectivity index (χ0n) is 14.9. The highest BCUT2D eigenvalue weighted by molar-refractivity contribution is 6.04. The Morgan fingerprint density at radius 1 is 1.15 bits per heavy atom. The number of hydrogen-bond acceptors (Lipinski definition) is 3. The van der Waals surface area contributed by atoms with Gasteiger partial charge in [-0.3, -0.25) is 4.99 Å². The quantitative estimate of drug-likeness (QED) is 0.613. The van der Waals surface area contributed by atoms with Gasteiger partial charge in [0.15, 0.2) is 23.1 Å². The molecule has 26 heavy (non-hydrogen) atoms. The maximum atomic E-state index is 13.4. The maximum Gasteiger partial charge on any atom is 0.168 e. The molecule has 2 aromatic rings. The molecule has 0 saturated carbocycles. The topological polar surface area (TPSA) is 30.8 Å². The molecular weight excluding hydrogens is 336 g/mol. The molecule has 0 aromatic heterocycles. The first-order chi connectivity index (χ1) is 12.6. The van der Waals surface area contributed by atoms with Crippen LogP contribution in [0.15, 0.2) is 41.4 Å². The lowest BCUT2D eigenvalue weighted by Crippen LogP contribution is -2.01. The number of para-hydroxylation sites is 1. The predicted molar refractivity (Wildman–Crippen MR) is 99.6 cm³/mol. The Morgan fingerprint density at radius 2 is 1.96 bits per heavy atom. The molecule has 0 fully saturated rings. The van der Waals surface area contributed by atoms with Crippen LogP contribution in [0.25, 0.3) is 6.08 Å². The standard InChI is InChI=1S/C21H21F2NO2/c1-3-4-10-26-21-14(6-5-7-20(21)25-2)8-9-16-11-15-12-17(22)18(23)13-19(15)24-16/h5-9,12-13H,3-4,10-11H2,1-2H3/b9-8+. The van der Waals surface area contributed by atoms with Gasteiger partial charge in [-0.25, -0.2) is 8.78 Å². The van der Waals surface area contributed by atoms with Crippen molar-refractivity contribution in [3.63, 3.8) is 0 Å². The van der Waals surface area contributed by atoms with Crippen molar-refractivity contribution in [3.05, 3.63) is 59.2 Å². The number of ether oxygens (including phenoxy) is 2. The van der Waals surface area contributed by atoms with E-state index in [0.717, 1.165) is 30.2 Å². The van der Waals surface area contributed by atoms with Crippen LogP contribution < -0.4 is 9.47 Å². The second-order valence-corrected chi connectivity index (χ2v) is 6.09. The van der Waals surface area contributed by atoms with Crippen LogP contribution in [0.4, 0.5) is 14.5 Å². The summed E-state index contributed by atoms with van der Waals surface area (Å²) in [6.07, 6.45) is 6.21. The summed E-state index contributed by atoms with van der Waals surface area (Å²) in [7, 11) is 1.61. The maximum absolute atomic E-state index is 13.4.